The number of methoxy groups -OCH3 is 1. The second-order valence-electron chi connectivity index (χ2n) is 9.96. The van der Waals surface area contributed by atoms with Crippen LogP contribution in [-0.2, 0) is 16.6 Å². The zero-order valence-corrected chi connectivity index (χ0v) is 17.0. The van der Waals surface area contributed by atoms with E-state index in [1.165, 1.54) is 17.5 Å². The van der Waals surface area contributed by atoms with Crippen LogP contribution >= 0.6 is 0 Å². The van der Waals surface area contributed by atoms with Crippen molar-refractivity contribution in [3.8, 4) is 5.75 Å². The summed E-state index contributed by atoms with van der Waals surface area (Å²) in [6.45, 7) is 4.28. The van der Waals surface area contributed by atoms with Crippen molar-refractivity contribution < 1.29 is 14.6 Å². The van der Waals surface area contributed by atoms with Crippen molar-refractivity contribution in [1.82, 2.24) is 9.80 Å². The van der Waals surface area contributed by atoms with Gasteiger partial charge in [0.2, 0.25) is 0 Å². The molecule has 5 heteroatoms. The number of benzene rings is 1. The van der Waals surface area contributed by atoms with Crippen LogP contribution in [0.2, 0.25) is 0 Å². The van der Waals surface area contributed by atoms with Gasteiger partial charge in [-0.05, 0) is 80.9 Å². The second-order valence-corrected chi connectivity index (χ2v) is 9.96. The fraction of sp³-hybridized carbons (Fsp3) is 0.696. The van der Waals surface area contributed by atoms with Gasteiger partial charge >= 0.3 is 5.97 Å². The number of carbonyl (C=O) groups is 1. The average molecular weight is 383 g/mol. The molecule has 3 unspecified atom stereocenters. The zero-order chi connectivity index (χ0) is 19.4. The molecule has 1 aromatic carbocycles. The van der Waals surface area contributed by atoms with Gasteiger partial charge in [-0.1, -0.05) is 13.0 Å². The van der Waals surface area contributed by atoms with Crippen molar-refractivity contribution in [2.24, 2.45) is 17.3 Å². The SMILES string of the molecule is COc1ccc2c(c1)[C@]1(CCN3CCC[C@@H]3C(=O)O)C3C4N(C)[C@@H]([C@@H]1C)C43C2. The van der Waals surface area contributed by atoms with Gasteiger partial charge < -0.3 is 9.84 Å². The van der Waals surface area contributed by atoms with Crippen LogP contribution < -0.4 is 4.74 Å². The highest BCUT2D eigenvalue weighted by molar-refractivity contribution is 5.73. The number of aliphatic carboxylic acids is 1. The highest BCUT2D eigenvalue weighted by atomic mass is 16.5. The van der Waals surface area contributed by atoms with Crippen molar-refractivity contribution in [3.63, 3.8) is 0 Å². The molecule has 2 heterocycles. The number of hydrogen-bond donors (Lipinski definition) is 1. The van der Waals surface area contributed by atoms with Crippen LogP contribution in [0.25, 0.3) is 0 Å². The molecule has 150 valence electrons. The lowest BCUT2D eigenvalue weighted by molar-refractivity contribution is -0.142. The molecule has 2 saturated carbocycles. The summed E-state index contributed by atoms with van der Waals surface area (Å²) in [5, 5.41) is 9.61. The Hall–Kier alpha value is -1.59. The molecular weight excluding hydrogens is 352 g/mol. The predicted octanol–water partition coefficient (Wildman–Crippen LogP) is 2.38. The molecule has 5 nitrogen and oxygen atoms in total. The molecule has 7 atom stereocenters. The molecule has 1 spiro atoms. The van der Waals surface area contributed by atoms with E-state index in [0.29, 0.717) is 17.4 Å². The third kappa shape index (κ3) is 1.71. The van der Waals surface area contributed by atoms with E-state index in [1.807, 2.05) is 0 Å². The molecular formula is C23H30N2O3. The maximum Gasteiger partial charge on any atom is 0.320 e. The van der Waals surface area contributed by atoms with E-state index in [-0.39, 0.29) is 11.5 Å². The normalized spacial score (nSPS) is 45.3. The molecule has 1 aromatic rings. The largest absolute Gasteiger partial charge is 0.497 e. The maximum absolute atomic E-state index is 11.7. The van der Waals surface area contributed by atoms with E-state index < -0.39 is 5.97 Å². The fourth-order valence-corrected chi connectivity index (χ4v) is 8.58. The highest BCUT2D eigenvalue weighted by Crippen LogP contribution is 2.86. The number of hydrogen-bond acceptors (Lipinski definition) is 4. The highest BCUT2D eigenvalue weighted by Gasteiger charge is 2.91. The quantitative estimate of drug-likeness (QED) is 0.847. The molecule has 28 heavy (non-hydrogen) atoms. The van der Waals surface area contributed by atoms with Crippen LogP contribution in [0.15, 0.2) is 18.2 Å². The maximum atomic E-state index is 11.7. The monoisotopic (exact) mass is 382 g/mol. The van der Waals surface area contributed by atoms with Crippen LogP contribution in [0, 0.1) is 17.3 Å². The van der Waals surface area contributed by atoms with E-state index in [4.69, 9.17) is 4.74 Å². The van der Waals surface area contributed by atoms with Gasteiger partial charge in [-0.3, -0.25) is 14.6 Å². The molecule has 0 aromatic heterocycles. The number of fused-ring (bicyclic) bond motifs is 2. The number of piperidine rings is 1. The van der Waals surface area contributed by atoms with E-state index in [0.717, 1.165) is 50.1 Å². The molecule has 2 saturated heterocycles. The number of ether oxygens (including phenoxy) is 1. The molecule has 5 aliphatic rings. The molecule has 4 fully saturated rings. The van der Waals surface area contributed by atoms with Gasteiger partial charge in [0.15, 0.2) is 0 Å². The van der Waals surface area contributed by atoms with Crippen LogP contribution in [0.1, 0.15) is 37.3 Å². The lowest BCUT2D eigenvalue weighted by atomic mass is 9.63. The Labute approximate surface area is 166 Å². The molecule has 6 rings (SSSR count). The van der Waals surface area contributed by atoms with Crippen LogP contribution in [0.3, 0.4) is 0 Å². The first kappa shape index (κ1) is 17.3. The van der Waals surface area contributed by atoms with Crippen LogP contribution in [-0.4, -0.2) is 66.2 Å². The average Bonchev–Trinajstić information content (AvgIpc) is 2.96. The number of nitrogens with zero attached hydrogens (tertiary/aromatic N) is 2. The van der Waals surface area contributed by atoms with E-state index in [1.54, 1.807) is 7.11 Å². The summed E-state index contributed by atoms with van der Waals surface area (Å²) < 4.78 is 5.60. The number of carboxylic acids is 1. The Morgan fingerprint density at radius 1 is 1.36 bits per heavy atom. The van der Waals surface area contributed by atoms with Crippen LogP contribution in [0.5, 0.6) is 5.75 Å². The van der Waals surface area contributed by atoms with Gasteiger partial charge in [0.25, 0.3) is 0 Å². The topological polar surface area (TPSA) is 53.0 Å². The lowest BCUT2D eigenvalue weighted by Gasteiger charge is -2.51. The van der Waals surface area contributed by atoms with Gasteiger partial charge in [-0.25, -0.2) is 0 Å². The summed E-state index contributed by atoms with van der Waals surface area (Å²) in [5.74, 6) is 1.64. The summed E-state index contributed by atoms with van der Waals surface area (Å²) in [5.41, 5.74) is 3.69. The standard InChI is InChI=1S/C23H30N2O3/c1-13-19-23-12-14-6-7-15(28-3)11-16(14)22(13,18(23)20(23)24(19)2)8-10-25-9-4-5-17(25)21(26)27/h6-7,11,13,17-20H,4-5,8-10,12H2,1-3H3,(H,26,27)/t13-,17+,18?,19-,20?,22+,23?/m0/s1. The Morgan fingerprint density at radius 2 is 2.18 bits per heavy atom. The Balaban J connectivity index is 1.39. The van der Waals surface area contributed by atoms with E-state index in [2.05, 4.69) is 42.0 Å². The van der Waals surface area contributed by atoms with Crippen molar-refractivity contribution in [1.29, 1.82) is 0 Å². The summed E-state index contributed by atoms with van der Waals surface area (Å²) in [4.78, 5) is 16.5. The molecule has 0 amide bonds. The van der Waals surface area contributed by atoms with E-state index in [9.17, 15) is 9.90 Å². The van der Waals surface area contributed by atoms with Gasteiger partial charge in [0, 0.05) is 22.9 Å². The molecule has 2 aliphatic heterocycles. The Morgan fingerprint density at radius 3 is 2.93 bits per heavy atom. The number of likely N-dealkylation sites (tertiary alicyclic amines) is 2. The van der Waals surface area contributed by atoms with Crippen LogP contribution in [0.4, 0.5) is 0 Å². The Bertz CT molecular complexity index is 871. The third-order valence-corrected chi connectivity index (χ3v) is 9.38. The van der Waals surface area contributed by atoms with Crippen molar-refractivity contribution in [2.75, 3.05) is 27.2 Å². The minimum Gasteiger partial charge on any atom is -0.497 e. The smallest absolute Gasteiger partial charge is 0.320 e. The lowest BCUT2D eigenvalue weighted by Crippen LogP contribution is -2.60. The summed E-state index contributed by atoms with van der Waals surface area (Å²) >= 11 is 0. The van der Waals surface area contributed by atoms with Gasteiger partial charge in [0.05, 0.1) is 7.11 Å². The van der Waals surface area contributed by atoms with Gasteiger partial charge in [-0.15, -0.1) is 0 Å². The summed E-state index contributed by atoms with van der Waals surface area (Å²) in [7, 11) is 4.06. The third-order valence-electron chi connectivity index (χ3n) is 9.38. The minimum atomic E-state index is -0.650. The van der Waals surface area contributed by atoms with Crippen molar-refractivity contribution >= 4 is 5.97 Å². The first-order valence-electron chi connectivity index (χ1n) is 10.8. The predicted molar refractivity (Wildman–Crippen MR) is 106 cm³/mol. The van der Waals surface area contributed by atoms with Gasteiger partial charge in [0.1, 0.15) is 11.8 Å². The summed E-state index contributed by atoms with van der Waals surface area (Å²) in [6, 6.07) is 7.83. The first-order valence-corrected chi connectivity index (χ1v) is 10.8. The van der Waals surface area contributed by atoms with Gasteiger partial charge in [-0.2, -0.15) is 0 Å². The first-order chi connectivity index (χ1) is 13.5. The van der Waals surface area contributed by atoms with Crippen molar-refractivity contribution in [3.05, 3.63) is 29.3 Å². The number of rotatable bonds is 5. The molecule has 2 bridgehead atoms. The molecule has 3 aliphatic carbocycles. The summed E-state index contributed by atoms with van der Waals surface area (Å²) in [6.07, 6.45) is 4.09. The fourth-order valence-electron chi connectivity index (χ4n) is 8.58. The second kappa shape index (κ2) is 5.31. The molecule has 0 radical (unpaired) electrons. The molecule has 1 N–H and O–H groups in total. The number of carboxylic acid groups (broad SMARTS) is 1. The van der Waals surface area contributed by atoms with E-state index >= 15 is 0 Å². The minimum absolute atomic E-state index is 0.176. The Kier molecular flexibility index (Phi) is 3.28. The van der Waals surface area contributed by atoms with Crippen molar-refractivity contribution in [2.45, 2.75) is 56.1 Å². The zero-order valence-electron chi connectivity index (χ0n) is 17.0.